The molecule has 0 aromatic carbocycles. The highest BCUT2D eigenvalue weighted by atomic mass is 79.9. The maximum absolute atomic E-state index is 3.52. The minimum Gasteiger partial charge on any atom is -0.0925 e. The second kappa shape index (κ2) is 6.60. The third-order valence-electron chi connectivity index (χ3n) is 1.61. The molecule has 0 saturated carbocycles. The van der Waals surface area contributed by atoms with Gasteiger partial charge in [-0.15, -0.1) is 0 Å². The Morgan fingerprint density at radius 2 is 1.56 bits per heavy atom. The molecule has 0 radical (unpaired) electrons. The van der Waals surface area contributed by atoms with E-state index in [1.165, 1.54) is 31.0 Å². The van der Waals surface area contributed by atoms with Gasteiger partial charge in [-0.05, 0) is 18.8 Å². The summed E-state index contributed by atoms with van der Waals surface area (Å²) in [5, 5.41) is 1.19. The van der Waals surface area contributed by atoms with E-state index in [-0.39, 0.29) is 0 Å². The first-order valence-electron chi connectivity index (χ1n) is 3.91. The molecular formula is C8H17Br. The van der Waals surface area contributed by atoms with Crippen molar-refractivity contribution in [2.45, 2.75) is 39.5 Å². The summed E-state index contributed by atoms with van der Waals surface area (Å²) >= 11 is 3.52. The molecule has 0 nitrogen and oxygen atoms in total. The lowest BCUT2D eigenvalue weighted by Gasteiger charge is -2.09. The van der Waals surface area contributed by atoms with E-state index >= 15 is 0 Å². The van der Waals surface area contributed by atoms with E-state index in [9.17, 15) is 0 Å². The Balaban J connectivity index is 3.18. The first-order valence-corrected chi connectivity index (χ1v) is 5.03. The lowest BCUT2D eigenvalue weighted by atomic mass is 10.0. The fraction of sp³-hybridized carbons (Fsp3) is 1.00. The highest BCUT2D eigenvalue weighted by molar-refractivity contribution is 9.09. The van der Waals surface area contributed by atoms with Crippen LogP contribution >= 0.6 is 15.9 Å². The molecule has 1 heteroatoms. The predicted molar refractivity (Wildman–Crippen MR) is 47.1 cm³/mol. The first-order chi connectivity index (χ1) is 4.35. The number of rotatable bonds is 5. The molecule has 0 rings (SSSR count). The van der Waals surface area contributed by atoms with Gasteiger partial charge in [0.1, 0.15) is 0 Å². The molecule has 0 aliphatic carbocycles. The number of hydrogen-bond acceptors (Lipinski definition) is 0. The Labute approximate surface area is 67.2 Å². The van der Waals surface area contributed by atoms with Crippen molar-refractivity contribution >= 4 is 15.9 Å². The normalized spacial score (nSPS) is 10.7. The molecule has 0 amide bonds. The Morgan fingerprint density at radius 3 is 1.78 bits per heavy atom. The predicted octanol–water partition coefficient (Wildman–Crippen LogP) is 3.60. The van der Waals surface area contributed by atoms with Gasteiger partial charge in [0.15, 0.2) is 0 Å². The molecule has 0 fully saturated rings. The summed E-state index contributed by atoms with van der Waals surface area (Å²) < 4.78 is 0. The Morgan fingerprint density at radius 1 is 1.11 bits per heavy atom. The van der Waals surface area contributed by atoms with E-state index in [0.29, 0.717) is 0 Å². The lowest BCUT2D eigenvalue weighted by Crippen LogP contribution is -1.99. The smallest absolute Gasteiger partial charge is 0.00596 e. The fourth-order valence-electron chi connectivity index (χ4n) is 1.12. The maximum Gasteiger partial charge on any atom is 0.00596 e. The monoisotopic (exact) mass is 192 g/mol. The molecule has 0 saturated heterocycles. The Kier molecular flexibility index (Phi) is 6.95. The molecule has 0 unspecified atom stereocenters. The van der Waals surface area contributed by atoms with E-state index in [0.717, 1.165) is 5.92 Å². The summed E-state index contributed by atoms with van der Waals surface area (Å²) in [6.07, 6.45) is 5.44. The molecule has 0 atom stereocenters. The van der Waals surface area contributed by atoms with E-state index < -0.39 is 0 Å². The van der Waals surface area contributed by atoms with Crippen LogP contribution in [0.4, 0.5) is 0 Å². The standard InChI is InChI=1S/C8H17Br/c1-3-5-8(7-9)6-4-2/h8H,3-7H2,1-2H3. The van der Waals surface area contributed by atoms with E-state index in [4.69, 9.17) is 0 Å². The fourth-order valence-corrected chi connectivity index (χ4v) is 1.76. The second-order valence-corrected chi connectivity index (χ2v) is 3.25. The molecule has 0 aromatic heterocycles. The second-order valence-electron chi connectivity index (χ2n) is 2.60. The van der Waals surface area contributed by atoms with Gasteiger partial charge >= 0.3 is 0 Å². The van der Waals surface area contributed by atoms with Crippen molar-refractivity contribution in [1.82, 2.24) is 0 Å². The van der Waals surface area contributed by atoms with Gasteiger partial charge in [-0.1, -0.05) is 42.6 Å². The molecule has 0 aliphatic rings. The molecule has 0 aromatic rings. The molecule has 0 N–H and O–H groups in total. The number of halogens is 1. The molecule has 0 spiro atoms. The SMILES string of the molecule is CCCC(CBr)CCC. The average Bonchev–Trinajstić information content (AvgIpc) is 1.88. The molecule has 9 heavy (non-hydrogen) atoms. The lowest BCUT2D eigenvalue weighted by molar-refractivity contribution is 0.491. The summed E-state index contributed by atoms with van der Waals surface area (Å²) in [4.78, 5) is 0. The molecule has 0 heterocycles. The average molecular weight is 193 g/mol. The van der Waals surface area contributed by atoms with Crippen molar-refractivity contribution in [2.24, 2.45) is 5.92 Å². The summed E-state index contributed by atoms with van der Waals surface area (Å²) in [6, 6.07) is 0. The topological polar surface area (TPSA) is 0 Å². The first kappa shape index (κ1) is 9.48. The van der Waals surface area contributed by atoms with Crippen LogP contribution in [0.15, 0.2) is 0 Å². The van der Waals surface area contributed by atoms with E-state index in [1.54, 1.807) is 0 Å². The summed E-state index contributed by atoms with van der Waals surface area (Å²) in [5.41, 5.74) is 0. The molecular weight excluding hydrogens is 176 g/mol. The van der Waals surface area contributed by atoms with Gasteiger partial charge in [0.2, 0.25) is 0 Å². The third kappa shape index (κ3) is 4.95. The highest BCUT2D eigenvalue weighted by Crippen LogP contribution is 2.15. The number of hydrogen-bond donors (Lipinski definition) is 0. The van der Waals surface area contributed by atoms with Gasteiger partial charge in [0.05, 0.1) is 0 Å². The van der Waals surface area contributed by atoms with Gasteiger partial charge in [-0.25, -0.2) is 0 Å². The molecule has 56 valence electrons. The van der Waals surface area contributed by atoms with Crippen LogP contribution in [0.25, 0.3) is 0 Å². The van der Waals surface area contributed by atoms with Crippen LogP contribution in [0.2, 0.25) is 0 Å². The van der Waals surface area contributed by atoms with Gasteiger partial charge in [0.25, 0.3) is 0 Å². The van der Waals surface area contributed by atoms with Crippen molar-refractivity contribution in [3.63, 3.8) is 0 Å². The summed E-state index contributed by atoms with van der Waals surface area (Å²) in [5.74, 6) is 0.931. The van der Waals surface area contributed by atoms with Crippen molar-refractivity contribution in [1.29, 1.82) is 0 Å². The van der Waals surface area contributed by atoms with Crippen LogP contribution < -0.4 is 0 Å². The zero-order chi connectivity index (χ0) is 7.11. The van der Waals surface area contributed by atoms with Crippen LogP contribution in [0.3, 0.4) is 0 Å². The van der Waals surface area contributed by atoms with Crippen molar-refractivity contribution < 1.29 is 0 Å². The largest absolute Gasteiger partial charge is 0.0925 e. The number of alkyl halides is 1. The minimum absolute atomic E-state index is 0.931. The Bertz CT molecular complexity index is 46.5. The van der Waals surface area contributed by atoms with E-state index in [1.807, 2.05) is 0 Å². The van der Waals surface area contributed by atoms with Crippen LogP contribution in [-0.4, -0.2) is 5.33 Å². The highest BCUT2D eigenvalue weighted by Gasteiger charge is 2.02. The van der Waals surface area contributed by atoms with Crippen molar-refractivity contribution in [3.8, 4) is 0 Å². The summed E-state index contributed by atoms with van der Waals surface area (Å²) in [7, 11) is 0. The molecule has 0 aliphatic heterocycles. The minimum atomic E-state index is 0.931. The van der Waals surface area contributed by atoms with Crippen LogP contribution in [-0.2, 0) is 0 Å². The summed E-state index contributed by atoms with van der Waals surface area (Å²) in [6.45, 7) is 4.51. The Hall–Kier alpha value is 0.480. The van der Waals surface area contributed by atoms with Gasteiger partial charge in [0, 0.05) is 5.33 Å². The third-order valence-corrected chi connectivity index (χ3v) is 2.53. The zero-order valence-corrected chi connectivity index (χ0v) is 8.08. The van der Waals surface area contributed by atoms with Crippen LogP contribution in [0.5, 0.6) is 0 Å². The van der Waals surface area contributed by atoms with Gasteiger partial charge in [-0.2, -0.15) is 0 Å². The van der Waals surface area contributed by atoms with Crippen molar-refractivity contribution in [2.75, 3.05) is 5.33 Å². The quantitative estimate of drug-likeness (QED) is 0.585. The molecule has 0 bridgehead atoms. The van der Waals surface area contributed by atoms with E-state index in [2.05, 4.69) is 29.8 Å². The van der Waals surface area contributed by atoms with Gasteiger partial charge < -0.3 is 0 Å². The van der Waals surface area contributed by atoms with Gasteiger partial charge in [-0.3, -0.25) is 0 Å². The zero-order valence-electron chi connectivity index (χ0n) is 6.49. The van der Waals surface area contributed by atoms with Crippen molar-refractivity contribution in [3.05, 3.63) is 0 Å². The maximum atomic E-state index is 3.52. The van der Waals surface area contributed by atoms with Crippen LogP contribution in [0.1, 0.15) is 39.5 Å². The van der Waals surface area contributed by atoms with Crippen LogP contribution in [0, 0.1) is 5.92 Å².